The van der Waals surface area contributed by atoms with Crippen LogP contribution in [-0.2, 0) is 68.9 Å². The molecule has 0 bridgehead atoms. The molecule has 2 aromatic heterocycles. The number of piperidine rings is 4. The number of aromatic hydroxyl groups is 1. The predicted molar refractivity (Wildman–Crippen MR) is 439 cm³/mol. The van der Waals surface area contributed by atoms with Crippen molar-refractivity contribution >= 4 is 122 Å². The van der Waals surface area contributed by atoms with E-state index in [9.17, 15) is 72.2 Å². The predicted octanol–water partition coefficient (Wildman–Crippen LogP) is 1.31. The summed E-state index contributed by atoms with van der Waals surface area (Å²) < 4.78 is 11.8. The number of nitrogens with one attached hydrogen (secondary N) is 10. The van der Waals surface area contributed by atoms with E-state index in [4.69, 9.17) is 20.2 Å². The number of anilines is 1. The first kappa shape index (κ1) is 90.5. The minimum absolute atomic E-state index is 0.00116. The fourth-order valence-corrected chi connectivity index (χ4v) is 15.2. The zero-order valence-corrected chi connectivity index (χ0v) is 69.1. The smallest absolute Gasteiger partial charge is 0.408 e. The average molecular weight is 1680 g/mol. The molecule has 0 radical (unpaired) electrons. The molecule has 38 nitrogen and oxygen atoms in total. The number of carbonyl (C=O) groups excluding carboxylic acids is 16. The molecule has 0 spiro atoms. The van der Waals surface area contributed by atoms with E-state index in [2.05, 4.69) is 58.2 Å². The highest BCUT2D eigenvalue weighted by atomic mass is 16.6. The summed E-state index contributed by atoms with van der Waals surface area (Å²) in [5.41, 5.74) is 5.16. The number of likely N-dealkylation sites (N-methyl/N-ethyl adjacent to an activating group) is 2. The van der Waals surface area contributed by atoms with Gasteiger partial charge in [0.2, 0.25) is 70.9 Å². The van der Waals surface area contributed by atoms with Crippen LogP contribution in [0.4, 0.5) is 15.3 Å². The molecular weight excluding hydrogens is 1570 g/mol. The number of amides is 17. The van der Waals surface area contributed by atoms with Crippen molar-refractivity contribution in [3.05, 3.63) is 102 Å². The number of alkyl carbamates (subject to hydrolysis) is 1. The van der Waals surface area contributed by atoms with Crippen molar-refractivity contribution in [2.24, 2.45) is 11.7 Å². The Labute approximate surface area is 699 Å². The summed E-state index contributed by atoms with van der Waals surface area (Å²) in [5.74, 6) is -11.6. The van der Waals surface area contributed by atoms with E-state index < -0.39 is 205 Å². The lowest BCUT2D eigenvalue weighted by Crippen LogP contribution is -2.61. The standard InChI is InChI=1S/C83H109N19O19/c1-48(2)68(96-82(119)121-83(3,4)5)76(113)93-55(25-20-34-85-81(84)118)71(108)90-52-32-30-49(31-33-52)47-120-63-40-51-22-9-11-24-54(51)92-70(63)78(115)95-57-42-87-73(110)59-27-13-17-36-100(59)67(107)46-98(7)64(104)43-88-74(111)60-28-14-18-37-101(60)79(116)56(94-77(114)69-62(103)39-50-21-8-10-23-53(50)91-69)41-86-72(109)58-26-12-16-35-99(58)66(106)45-97(6)65(105)44-89-75(112)61-29-15-19-38-102(61)80(57)117/h8-11,21-24,30-33,39-40,48,55-61,68,103H,12-20,25-29,34-38,41-47H2,1-7H3,(H,86,109)(H,87,110)(H,88,111)(H,89,112)(H,90,108)(H,93,113)(H,94,114)(H,95,115)(H,96,119)(H3,84,85,118)/t55-,56+,57+,58-,59-,60-,61-,68-/m0/s1. The average Bonchev–Trinajstić information content (AvgIpc) is 0.792. The number of pyridine rings is 2. The number of nitrogens with two attached hydrogens (primary N) is 1. The molecule has 5 aliphatic heterocycles. The second-order valence-corrected chi connectivity index (χ2v) is 32.2. The van der Waals surface area contributed by atoms with Gasteiger partial charge in [0.1, 0.15) is 66.3 Å². The van der Waals surface area contributed by atoms with Crippen molar-refractivity contribution in [3.8, 4) is 11.5 Å². The molecule has 5 saturated heterocycles. The normalized spacial score (nSPS) is 21.4. The summed E-state index contributed by atoms with van der Waals surface area (Å²) >= 11 is 0. The van der Waals surface area contributed by atoms with Gasteiger partial charge in [-0.3, -0.25) is 67.1 Å². The van der Waals surface area contributed by atoms with E-state index in [-0.39, 0.29) is 89.3 Å². The first-order valence-corrected chi connectivity index (χ1v) is 41.0. The van der Waals surface area contributed by atoms with E-state index in [1.807, 2.05) is 0 Å². The lowest BCUT2D eigenvalue weighted by atomic mass is 9.99. The Bertz CT molecular complexity index is 4710. The highest BCUT2D eigenvalue weighted by Crippen LogP contribution is 2.29. The van der Waals surface area contributed by atoms with Gasteiger partial charge in [0.05, 0.1) is 37.2 Å². The molecule has 3 aromatic carbocycles. The molecular formula is C83H109N19O19. The molecule has 5 aliphatic rings. The first-order chi connectivity index (χ1) is 57.7. The highest BCUT2D eigenvalue weighted by molar-refractivity contribution is 6.04. The third-order valence-electron chi connectivity index (χ3n) is 21.7. The van der Waals surface area contributed by atoms with E-state index in [0.29, 0.717) is 84.4 Å². The van der Waals surface area contributed by atoms with Crippen molar-refractivity contribution in [3.63, 3.8) is 0 Å². The topological polar surface area (TPSA) is 503 Å². The van der Waals surface area contributed by atoms with Crippen LogP contribution in [0.15, 0.2) is 84.9 Å². The van der Waals surface area contributed by atoms with Crippen LogP contribution >= 0.6 is 0 Å². The molecule has 5 aromatic rings. The number of rotatable bonds is 17. The minimum atomic E-state index is -1.67. The fourth-order valence-electron chi connectivity index (χ4n) is 15.2. The molecule has 650 valence electrons. The number of ether oxygens (including phenoxy) is 2. The molecule has 17 amide bonds. The molecule has 13 N–H and O–H groups in total. The maximum Gasteiger partial charge on any atom is 0.408 e. The SMILES string of the molecule is CC(C)[C@H](NC(=O)OC(C)(C)C)C(=O)N[C@@H](CCCNC(N)=O)C(=O)Nc1ccc(COc2cc3ccccc3nc2C(=O)N[C@@H]2CNC(=O)[C@@H]3CCCCN3C(=O)CN(C)C(=O)CNC(=O)[C@@H]3CCCCN3C(=O)[C@H](NC(=O)c3nc4ccccc4cc3O)CNC(=O)[C@@H]3CCCCN3C(=O)CN(C)C(=O)CNC(=O)[C@@H]3CCCCN3C2=O)cc1. The monoisotopic (exact) mass is 1680 g/mol. The molecule has 0 aliphatic carbocycles. The van der Waals surface area contributed by atoms with Gasteiger partial charge < -0.3 is 103 Å². The van der Waals surface area contributed by atoms with Crippen molar-refractivity contribution in [1.29, 1.82) is 0 Å². The zero-order chi connectivity index (χ0) is 87.4. The second-order valence-electron chi connectivity index (χ2n) is 32.2. The number of urea groups is 1. The number of carbonyl (C=O) groups is 16. The van der Waals surface area contributed by atoms with Gasteiger partial charge in [0.15, 0.2) is 17.1 Å². The van der Waals surface area contributed by atoms with Gasteiger partial charge in [-0.2, -0.15) is 0 Å². The highest BCUT2D eigenvalue weighted by Gasteiger charge is 2.43. The number of hydrogen-bond acceptors (Lipinski definition) is 21. The Balaban J connectivity index is 0.883. The van der Waals surface area contributed by atoms with Crippen LogP contribution in [0.1, 0.15) is 151 Å². The minimum Gasteiger partial charge on any atom is -0.505 e. The molecule has 38 heteroatoms. The van der Waals surface area contributed by atoms with Gasteiger partial charge >= 0.3 is 12.1 Å². The summed E-state index contributed by atoms with van der Waals surface area (Å²) in [4.78, 5) is 243. The second kappa shape index (κ2) is 41.7. The molecule has 10 rings (SSSR count). The summed E-state index contributed by atoms with van der Waals surface area (Å²) in [7, 11) is 2.65. The lowest BCUT2D eigenvalue weighted by Gasteiger charge is -2.38. The number of hydrogen-bond donors (Lipinski definition) is 12. The molecule has 7 heterocycles. The van der Waals surface area contributed by atoms with Crippen molar-refractivity contribution in [1.82, 2.24) is 87.2 Å². The quantitative estimate of drug-likeness (QED) is 0.0584. The summed E-state index contributed by atoms with van der Waals surface area (Å²) in [6.45, 7) is 4.78. The maximum absolute atomic E-state index is 15.5. The van der Waals surface area contributed by atoms with E-state index >= 15 is 9.59 Å². The first-order valence-electron chi connectivity index (χ1n) is 41.0. The summed E-state index contributed by atoms with van der Waals surface area (Å²) in [6, 6.07) is 11.7. The molecule has 5 fully saturated rings. The van der Waals surface area contributed by atoms with Gasteiger partial charge in [-0.05, 0) is 159 Å². The number of primary amides is 1. The number of benzene rings is 3. The summed E-state index contributed by atoms with van der Waals surface area (Å²) in [6.07, 6.45) is 3.54. The number of para-hydroxylation sites is 2. The van der Waals surface area contributed by atoms with Gasteiger partial charge in [-0.15, -0.1) is 0 Å². The van der Waals surface area contributed by atoms with Crippen LogP contribution in [0.3, 0.4) is 0 Å². The zero-order valence-electron chi connectivity index (χ0n) is 69.1. The Morgan fingerprint density at radius 1 is 0.554 bits per heavy atom. The van der Waals surface area contributed by atoms with Gasteiger partial charge in [0, 0.05) is 76.4 Å². The van der Waals surface area contributed by atoms with Gasteiger partial charge in [-0.1, -0.05) is 62.4 Å². The molecule has 0 unspecified atom stereocenters. The Morgan fingerprint density at radius 3 is 1.48 bits per heavy atom. The van der Waals surface area contributed by atoms with Crippen LogP contribution in [0.2, 0.25) is 0 Å². The Kier molecular flexibility index (Phi) is 31.2. The molecule has 8 atom stereocenters. The fraction of sp³-hybridized carbons (Fsp3) is 0.518. The van der Waals surface area contributed by atoms with E-state index in [0.717, 1.165) is 9.80 Å². The number of aromatic nitrogens is 2. The summed E-state index contributed by atoms with van der Waals surface area (Å²) in [5, 5.41) is 38.8. The van der Waals surface area contributed by atoms with Gasteiger partial charge in [0.25, 0.3) is 11.8 Å². The largest absolute Gasteiger partial charge is 0.505 e. The third-order valence-corrected chi connectivity index (χ3v) is 21.7. The Hall–Kier alpha value is -12.8. The van der Waals surface area contributed by atoms with Crippen molar-refractivity contribution < 1.29 is 91.3 Å². The lowest BCUT2D eigenvalue weighted by molar-refractivity contribution is -0.147. The van der Waals surface area contributed by atoms with Crippen LogP contribution in [0, 0.1) is 5.92 Å². The van der Waals surface area contributed by atoms with Crippen LogP contribution < -0.4 is 63.6 Å². The number of fused-ring (bicyclic) bond motifs is 6. The maximum atomic E-state index is 15.5. The molecule has 0 saturated carbocycles. The van der Waals surface area contributed by atoms with E-state index in [1.165, 1.54) is 39.8 Å². The van der Waals surface area contributed by atoms with Crippen LogP contribution in [0.5, 0.6) is 11.5 Å². The number of nitrogens with zero attached hydrogens (tertiary/aromatic N) is 8. The van der Waals surface area contributed by atoms with Crippen LogP contribution in [0.25, 0.3) is 21.8 Å². The van der Waals surface area contributed by atoms with Gasteiger partial charge in [-0.25, -0.2) is 19.6 Å². The van der Waals surface area contributed by atoms with Crippen LogP contribution in [-0.4, -0.2) is 279 Å². The van der Waals surface area contributed by atoms with Crippen molar-refractivity contribution in [2.75, 3.05) is 91.4 Å². The van der Waals surface area contributed by atoms with Crippen molar-refractivity contribution in [2.45, 2.75) is 185 Å². The third kappa shape index (κ3) is 24.5. The Morgan fingerprint density at radius 2 is 1.00 bits per heavy atom. The van der Waals surface area contributed by atoms with E-state index in [1.54, 1.807) is 113 Å². The molecule has 121 heavy (non-hydrogen) atoms.